The molecule has 6 heterocycles. The lowest BCUT2D eigenvalue weighted by Crippen LogP contribution is -2.51. The Kier molecular flexibility index (Phi) is 6.07. The third-order valence-corrected chi connectivity index (χ3v) is 11.1. The maximum Gasteiger partial charge on any atom is 0.319 e. The molecule has 1 saturated carbocycles. The van der Waals surface area contributed by atoms with E-state index in [4.69, 9.17) is 16.1 Å². The van der Waals surface area contributed by atoms with Gasteiger partial charge in [0.15, 0.2) is 5.82 Å². The Balaban J connectivity index is 1.18. The number of phenolic OH excluding ortho intramolecular Hbond substituents is 1. The van der Waals surface area contributed by atoms with Crippen LogP contribution in [0.5, 0.6) is 11.8 Å². The molecule has 4 saturated heterocycles. The number of pyridine rings is 1. The second kappa shape index (κ2) is 9.93. The van der Waals surface area contributed by atoms with E-state index in [-0.39, 0.29) is 51.6 Å². The molecular formula is C35H33F3N6O2. The van der Waals surface area contributed by atoms with Gasteiger partial charge in [-0.2, -0.15) is 9.97 Å². The van der Waals surface area contributed by atoms with E-state index in [0.717, 1.165) is 38.5 Å². The highest BCUT2D eigenvalue weighted by Gasteiger charge is 2.64. The summed E-state index contributed by atoms with van der Waals surface area (Å²) in [5.74, 6) is 1.38. The van der Waals surface area contributed by atoms with Crippen molar-refractivity contribution in [3.8, 4) is 35.4 Å². The Morgan fingerprint density at radius 1 is 1.07 bits per heavy atom. The first-order valence-electron chi connectivity index (χ1n) is 16.1. The molecule has 2 aromatic carbocycles. The number of hydrogen-bond donors (Lipinski definition) is 2. The zero-order valence-electron chi connectivity index (χ0n) is 25.2. The van der Waals surface area contributed by atoms with Crippen molar-refractivity contribution in [1.82, 2.24) is 25.2 Å². The van der Waals surface area contributed by atoms with Crippen LogP contribution in [-0.2, 0) is 0 Å². The summed E-state index contributed by atoms with van der Waals surface area (Å²) < 4.78 is 52.8. The van der Waals surface area contributed by atoms with Crippen LogP contribution in [0.4, 0.5) is 19.0 Å². The summed E-state index contributed by atoms with van der Waals surface area (Å²) in [6.45, 7) is 2.02. The van der Waals surface area contributed by atoms with E-state index in [1.807, 2.05) is 0 Å². The molecule has 46 heavy (non-hydrogen) atoms. The summed E-state index contributed by atoms with van der Waals surface area (Å²) in [6.07, 6.45) is 12.8. The number of ether oxygens (including phenoxy) is 1. The highest BCUT2D eigenvalue weighted by Crippen LogP contribution is 2.59. The van der Waals surface area contributed by atoms with Gasteiger partial charge in [0.05, 0.1) is 16.5 Å². The van der Waals surface area contributed by atoms with Crippen LogP contribution < -0.4 is 15.0 Å². The zero-order chi connectivity index (χ0) is 31.4. The molecule has 5 aliphatic rings. The quantitative estimate of drug-likeness (QED) is 0.291. The minimum Gasteiger partial charge on any atom is -0.508 e. The summed E-state index contributed by atoms with van der Waals surface area (Å²) in [6, 6.07) is 6.10. The van der Waals surface area contributed by atoms with Crippen molar-refractivity contribution in [2.24, 2.45) is 0 Å². The van der Waals surface area contributed by atoms with E-state index in [2.05, 4.69) is 31.0 Å². The fraction of sp³-hybridized carbons (Fsp3) is 0.457. The summed E-state index contributed by atoms with van der Waals surface area (Å²) >= 11 is 0. The number of aromatic nitrogens is 3. The molecule has 0 radical (unpaired) electrons. The van der Waals surface area contributed by atoms with E-state index in [0.29, 0.717) is 54.7 Å². The van der Waals surface area contributed by atoms with Gasteiger partial charge in [0.2, 0.25) is 0 Å². The Morgan fingerprint density at radius 3 is 2.61 bits per heavy atom. The molecule has 1 aliphatic carbocycles. The predicted octanol–water partition coefficient (Wildman–Crippen LogP) is 5.24. The number of alkyl halides is 1. The number of fused-ring (bicyclic) bond motifs is 6. The summed E-state index contributed by atoms with van der Waals surface area (Å²) in [7, 11) is 0. The first-order chi connectivity index (χ1) is 22.3. The van der Waals surface area contributed by atoms with E-state index < -0.39 is 23.3 Å². The number of hydrogen-bond acceptors (Lipinski definition) is 8. The molecule has 0 unspecified atom stereocenters. The van der Waals surface area contributed by atoms with Crippen molar-refractivity contribution in [1.29, 1.82) is 0 Å². The molecule has 1 spiro atoms. The van der Waals surface area contributed by atoms with E-state index >= 15 is 4.39 Å². The topological polar surface area (TPSA) is 86.6 Å². The maximum absolute atomic E-state index is 16.8. The summed E-state index contributed by atoms with van der Waals surface area (Å²) in [5, 5.41) is 15.3. The van der Waals surface area contributed by atoms with Crippen molar-refractivity contribution in [3.63, 3.8) is 0 Å². The fourth-order valence-electron chi connectivity index (χ4n) is 8.82. The Labute approximate surface area is 264 Å². The Hall–Kier alpha value is -4.14. The van der Waals surface area contributed by atoms with Gasteiger partial charge in [-0.15, -0.1) is 6.42 Å². The van der Waals surface area contributed by atoms with Crippen LogP contribution in [0.15, 0.2) is 30.5 Å². The van der Waals surface area contributed by atoms with Gasteiger partial charge in [0.25, 0.3) is 0 Å². The molecule has 11 heteroatoms. The molecule has 4 atom stereocenters. The number of piperazine rings is 1. The minimum atomic E-state index is -0.910. The average molecular weight is 627 g/mol. The van der Waals surface area contributed by atoms with Crippen LogP contribution in [0.2, 0.25) is 0 Å². The monoisotopic (exact) mass is 626 g/mol. The summed E-state index contributed by atoms with van der Waals surface area (Å²) in [5.41, 5.74) is -0.360. The van der Waals surface area contributed by atoms with Gasteiger partial charge in [-0.05, 0) is 62.1 Å². The first-order valence-corrected chi connectivity index (χ1v) is 16.1. The van der Waals surface area contributed by atoms with E-state index in [1.54, 1.807) is 0 Å². The number of terminal acetylenes is 1. The number of benzene rings is 2. The van der Waals surface area contributed by atoms with Crippen molar-refractivity contribution >= 4 is 27.5 Å². The largest absolute Gasteiger partial charge is 0.508 e. The Morgan fingerprint density at radius 2 is 1.85 bits per heavy atom. The van der Waals surface area contributed by atoms with Crippen molar-refractivity contribution in [3.05, 3.63) is 47.7 Å². The highest BCUT2D eigenvalue weighted by molar-refractivity contribution is 6.03. The van der Waals surface area contributed by atoms with Crippen LogP contribution in [0.25, 0.3) is 32.9 Å². The van der Waals surface area contributed by atoms with Gasteiger partial charge in [-0.3, -0.25) is 9.88 Å². The summed E-state index contributed by atoms with van der Waals surface area (Å²) in [4.78, 5) is 18.4. The lowest BCUT2D eigenvalue weighted by Gasteiger charge is -2.35. The van der Waals surface area contributed by atoms with Gasteiger partial charge >= 0.3 is 6.01 Å². The second-order valence-electron chi connectivity index (χ2n) is 13.9. The molecule has 2 N–H and O–H groups in total. The predicted molar refractivity (Wildman–Crippen MR) is 168 cm³/mol. The molecule has 2 aromatic heterocycles. The van der Waals surface area contributed by atoms with Crippen molar-refractivity contribution in [2.75, 3.05) is 31.1 Å². The highest BCUT2D eigenvalue weighted by atomic mass is 19.1. The van der Waals surface area contributed by atoms with E-state index in [9.17, 15) is 13.9 Å². The number of nitrogens with zero attached hydrogens (tertiary/aromatic N) is 5. The van der Waals surface area contributed by atoms with Gasteiger partial charge in [-0.25, -0.2) is 13.2 Å². The third-order valence-electron chi connectivity index (χ3n) is 11.1. The number of rotatable bonds is 5. The molecular weight excluding hydrogens is 593 g/mol. The third kappa shape index (κ3) is 4.19. The van der Waals surface area contributed by atoms with Crippen molar-refractivity contribution in [2.45, 2.75) is 74.3 Å². The zero-order valence-corrected chi connectivity index (χ0v) is 25.2. The molecule has 0 amide bonds. The fourth-order valence-corrected chi connectivity index (χ4v) is 8.82. The van der Waals surface area contributed by atoms with Gasteiger partial charge in [0, 0.05) is 60.8 Å². The average Bonchev–Trinajstić information content (AvgIpc) is 3.55. The van der Waals surface area contributed by atoms with Crippen molar-refractivity contribution < 1.29 is 23.0 Å². The molecule has 4 aliphatic heterocycles. The number of phenols is 1. The van der Waals surface area contributed by atoms with Gasteiger partial charge in [0.1, 0.15) is 41.4 Å². The maximum atomic E-state index is 16.8. The number of anilines is 1. The van der Waals surface area contributed by atoms with Crippen LogP contribution in [0.1, 0.15) is 50.5 Å². The minimum absolute atomic E-state index is 0.000245. The number of aromatic hydroxyl groups is 1. The van der Waals surface area contributed by atoms with Crippen LogP contribution >= 0.6 is 0 Å². The standard InChI is InChI=1S/C35H33F3N6O2/c1-2-24-27(37)6-3-19-11-23(45)12-25(28(19)24)30-29(38)31-26(14-39-30)32(43-16-21-4-5-22(17-43)40-21)42-33(41-31)46-18-35-10-9-34(7-8-34)44(35)15-20(36)13-35/h1,3,6,11-12,14,20-22,40,45H,4-5,7-10,13,15-18H2/t20-,21-,22+,35-/m0/s1. The first kappa shape index (κ1) is 28.1. The normalized spacial score (nSPS) is 27.9. The smallest absolute Gasteiger partial charge is 0.319 e. The number of halogens is 3. The van der Waals surface area contributed by atoms with E-state index in [1.165, 1.54) is 30.5 Å². The van der Waals surface area contributed by atoms with Crippen LogP contribution in [0, 0.1) is 24.0 Å². The molecule has 4 aromatic rings. The molecule has 8 nitrogen and oxygen atoms in total. The molecule has 2 bridgehead atoms. The molecule has 5 fully saturated rings. The van der Waals surface area contributed by atoms with Crippen LogP contribution in [0.3, 0.4) is 0 Å². The number of nitrogens with one attached hydrogen (secondary N) is 1. The SMILES string of the molecule is C#Cc1c(F)ccc2cc(O)cc(-c3ncc4c(N5C[C@H]6CC[C@@H](C5)N6)nc(OC[C@@]56CCC7(CC7)N5C[C@@H](F)C6)nc4c3F)c12. The lowest BCUT2D eigenvalue weighted by atomic mass is 9.94. The Bertz CT molecular complexity index is 1970. The van der Waals surface area contributed by atoms with Crippen LogP contribution in [-0.4, -0.2) is 80.5 Å². The van der Waals surface area contributed by atoms with Gasteiger partial charge < -0.3 is 20.1 Å². The molecule has 236 valence electrons. The molecule has 9 rings (SSSR count). The second-order valence-corrected chi connectivity index (χ2v) is 13.9. The van der Waals surface area contributed by atoms with Gasteiger partial charge in [-0.1, -0.05) is 12.0 Å². The lowest BCUT2D eigenvalue weighted by molar-refractivity contribution is 0.0773.